The van der Waals surface area contributed by atoms with Gasteiger partial charge in [0.15, 0.2) is 0 Å². The Morgan fingerprint density at radius 1 is 0.909 bits per heavy atom. The fourth-order valence-corrected chi connectivity index (χ4v) is 2.97. The number of nitrogens with zero attached hydrogens (tertiary/aromatic N) is 2. The van der Waals surface area contributed by atoms with Gasteiger partial charge in [-0.25, -0.2) is 0 Å². The largest absolute Gasteiger partial charge is 0.321 e. The number of aromatic nitrogens is 2. The SMILES string of the molecule is O=C(Nc1cccc2ccccc12)c1ccc2nsnc2c1. The summed E-state index contributed by atoms with van der Waals surface area (Å²) < 4.78 is 8.31. The molecule has 0 radical (unpaired) electrons. The van der Waals surface area contributed by atoms with E-state index in [0.717, 1.165) is 39.2 Å². The van der Waals surface area contributed by atoms with Gasteiger partial charge in [-0.05, 0) is 29.7 Å². The predicted octanol–water partition coefficient (Wildman–Crippen LogP) is 4.10. The van der Waals surface area contributed by atoms with Crippen LogP contribution in [-0.2, 0) is 0 Å². The summed E-state index contributed by atoms with van der Waals surface area (Å²) in [4.78, 5) is 12.5. The van der Waals surface area contributed by atoms with Crippen molar-refractivity contribution in [2.45, 2.75) is 0 Å². The van der Waals surface area contributed by atoms with Gasteiger partial charge >= 0.3 is 0 Å². The van der Waals surface area contributed by atoms with Crippen LogP contribution in [0.2, 0.25) is 0 Å². The van der Waals surface area contributed by atoms with Crippen LogP contribution < -0.4 is 5.32 Å². The van der Waals surface area contributed by atoms with E-state index in [1.54, 1.807) is 12.1 Å². The predicted molar refractivity (Wildman–Crippen MR) is 89.3 cm³/mol. The fourth-order valence-electron chi connectivity index (χ4n) is 2.45. The number of carbonyl (C=O) groups is 1. The highest BCUT2D eigenvalue weighted by Gasteiger charge is 2.10. The van der Waals surface area contributed by atoms with Crippen LogP contribution in [0.25, 0.3) is 21.8 Å². The van der Waals surface area contributed by atoms with Crippen molar-refractivity contribution in [2.75, 3.05) is 5.32 Å². The van der Waals surface area contributed by atoms with Crippen molar-refractivity contribution in [2.24, 2.45) is 0 Å². The monoisotopic (exact) mass is 305 g/mol. The van der Waals surface area contributed by atoms with E-state index in [4.69, 9.17) is 0 Å². The summed E-state index contributed by atoms with van der Waals surface area (Å²) in [6.45, 7) is 0. The summed E-state index contributed by atoms with van der Waals surface area (Å²) in [5, 5.41) is 5.09. The minimum Gasteiger partial charge on any atom is -0.321 e. The van der Waals surface area contributed by atoms with Gasteiger partial charge in [-0.3, -0.25) is 4.79 Å². The molecule has 0 aliphatic rings. The molecule has 0 spiro atoms. The first-order chi connectivity index (χ1) is 10.8. The highest BCUT2D eigenvalue weighted by atomic mass is 32.1. The molecule has 4 nitrogen and oxygen atoms in total. The lowest BCUT2D eigenvalue weighted by molar-refractivity contribution is 0.102. The molecule has 1 aromatic heterocycles. The minimum atomic E-state index is -0.147. The van der Waals surface area contributed by atoms with E-state index in [9.17, 15) is 4.79 Å². The Labute approximate surface area is 130 Å². The summed E-state index contributed by atoms with van der Waals surface area (Å²) in [7, 11) is 0. The topological polar surface area (TPSA) is 54.9 Å². The zero-order valence-electron chi connectivity index (χ0n) is 11.5. The van der Waals surface area contributed by atoms with Crippen molar-refractivity contribution in [3.8, 4) is 0 Å². The van der Waals surface area contributed by atoms with Crippen molar-refractivity contribution < 1.29 is 4.79 Å². The fraction of sp³-hybridized carbons (Fsp3) is 0. The standard InChI is InChI=1S/C17H11N3OS/c21-17(12-8-9-15-16(10-12)20-22-19-15)18-14-7-3-5-11-4-1-2-6-13(11)14/h1-10H,(H,18,21). The van der Waals surface area contributed by atoms with Gasteiger partial charge in [0.25, 0.3) is 5.91 Å². The van der Waals surface area contributed by atoms with E-state index in [1.165, 1.54) is 0 Å². The summed E-state index contributed by atoms with van der Waals surface area (Å²) in [6, 6.07) is 19.2. The van der Waals surface area contributed by atoms with Crippen LogP contribution >= 0.6 is 11.7 Å². The molecule has 4 rings (SSSR count). The van der Waals surface area contributed by atoms with E-state index in [-0.39, 0.29) is 5.91 Å². The molecule has 1 amide bonds. The molecule has 0 saturated carbocycles. The average Bonchev–Trinajstić information content (AvgIpc) is 3.02. The molecule has 1 N–H and O–H groups in total. The van der Waals surface area contributed by atoms with Crippen molar-refractivity contribution in [3.05, 3.63) is 66.2 Å². The van der Waals surface area contributed by atoms with Crippen LogP contribution in [0, 0.1) is 0 Å². The van der Waals surface area contributed by atoms with Gasteiger partial charge in [0.1, 0.15) is 11.0 Å². The second kappa shape index (κ2) is 5.20. The lowest BCUT2D eigenvalue weighted by Gasteiger charge is -2.08. The maximum absolute atomic E-state index is 12.5. The van der Waals surface area contributed by atoms with E-state index in [1.807, 2.05) is 48.5 Å². The Balaban J connectivity index is 1.71. The summed E-state index contributed by atoms with van der Waals surface area (Å²) >= 11 is 1.15. The minimum absolute atomic E-state index is 0.147. The molecule has 0 bridgehead atoms. The Hall–Kier alpha value is -2.79. The average molecular weight is 305 g/mol. The molecule has 0 aliphatic heterocycles. The van der Waals surface area contributed by atoms with Crippen LogP contribution in [0.1, 0.15) is 10.4 Å². The van der Waals surface area contributed by atoms with Gasteiger partial charge in [0, 0.05) is 16.6 Å². The van der Waals surface area contributed by atoms with Crippen LogP contribution in [-0.4, -0.2) is 14.7 Å². The molecule has 0 atom stereocenters. The van der Waals surface area contributed by atoms with Crippen LogP contribution in [0.15, 0.2) is 60.7 Å². The smallest absolute Gasteiger partial charge is 0.255 e. The first-order valence-corrected chi connectivity index (χ1v) is 7.56. The number of hydrogen-bond donors (Lipinski definition) is 1. The van der Waals surface area contributed by atoms with Crippen LogP contribution in [0.4, 0.5) is 5.69 Å². The molecule has 22 heavy (non-hydrogen) atoms. The second-order valence-electron chi connectivity index (χ2n) is 4.95. The lowest BCUT2D eigenvalue weighted by Crippen LogP contribution is -2.12. The Morgan fingerprint density at radius 2 is 1.73 bits per heavy atom. The second-order valence-corrected chi connectivity index (χ2v) is 5.48. The van der Waals surface area contributed by atoms with E-state index in [0.29, 0.717) is 5.56 Å². The third-order valence-electron chi connectivity index (χ3n) is 3.55. The third-order valence-corrected chi connectivity index (χ3v) is 4.11. The number of nitrogens with one attached hydrogen (secondary N) is 1. The van der Waals surface area contributed by atoms with Crippen LogP contribution in [0.5, 0.6) is 0 Å². The van der Waals surface area contributed by atoms with Gasteiger partial charge < -0.3 is 5.32 Å². The van der Waals surface area contributed by atoms with Gasteiger partial charge in [0.2, 0.25) is 0 Å². The zero-order chi connectivity index (χ0) is 14.9. The van der Waals surface area contributed by atoms with E-state index >= 15 is 0 Å². The molecule has 106 valence electrons. The summed E-state index contributed by atoms with van der Waals surface area (Å²) in [5.41, 5.74) is 2.94. The van der Waals surface area contributed by atoms with Gasteiger partial charge in [0.05, 0.1) is 11.7 Å². The highest BCUT2D eigenvalue weighted by molar-refractivity contribution is 7.00. The molecule has 0 unspecified atom stereocenters. The van der Waals surface area contributed by atoms with Crippen molar-refractivity contribution >= 4 is 45.1 Å². The Bertz CT molecular complexity index is 988. The van der Waals surface area contributed by atoms with Gasteiger partial charge in [-0.2, -0.15) is 8.75 Å². The zero-order valence-corrected chi connectivity index (χ0v) is 12.3. The number of hydrogen-bond acceptors (Lipinski definition) is 4. The number of anilines is 1. The number of rotatable bonds is 2. The molecular formula is C17H11N3OS. The molecule has 3 aromatic carbocycles. The van der Waals surface area contributed by atoms with Crippen molar-refractivity contribution in [1.82, 2.24) is 8.75 Å². The number of carbonyl (C=O) groups excluding carboxylic acids is 1. The summed E-state index contributed by atoms with van der Waals surface area (Å²) in [5.74, 6) is -0.147. The molecule has 4 aromatic rings. The molecule has 0 fully saturated rings. The lowest BCUT2D eigenvalue weighted by atomic mass is 10.1. The number of fused-ring (bicyclic) bond motifs is 2. The molecule has 5 heteroatoms. The number of benzene rings is 3. The quantitative estimate of drug-likeness (QED) is 0.606. The van der Waals surface area contributed by atoms with Crippen molar-refractivity contribution in [3.63, 3.8) is 0 Å². The number of amides is 1. The van der Waals surface area contributed by atoms with Crippen LogP contribution in [0.3, 0.4) is 0 Å². The maximum atomic E-state index is 12.5. The first kappa shape index (κ1) is 12.9. The molecule has 0 aliphatic carbocycles. The molecular weight excluding hydrogens is 294 g/mol. The molecule has 0 saturated heterocycles. The van der Waals surface area contributed by atoms with E-state index < -0.39 is 0 Å². The Morgan fingerprint density at radius 3 is 2.68 bits per heavy atom. The third kappa shape index (κ3) is 2.21. The van der Waals surface area contributed by atoms with Gasteiger partial charge in [-0.15, -0.1) is 0 Å². The maximum Gasteiger partial charge on any atom is 0.255 e. The first-order valence-electron chi connectivity index (χ1n) is 6.83. The van der Waals surface area contributed by atoms with E-state index in [2.05, 4.69) is 14.1 Å². The highest BCUT2D eigenvalue weighted by Crippen LogP contribution is 2.24. The normalized spacial score (nSPS) is 10.9. The Kier molecular flexibility index (Phi) is 3.05. The van der Waals surface area contributed by atoms with Gasteiger partial charge in [-0.1, -0.05) is 36.4 Å². The van der Waals surface area contributed by atoms with Crippen molar-refractivity contribution in [1.29, 1.82) is 0 Å². The summed E-state index contributed by atoms with van der Waals surface area (Å²) in [6.07, 6.45) is 0. The molecule has 1 heterocycles.